The van der Waals surface area contributed by atoms with Crippen molar-refractivity contribution < 1.29 is 9.21 Å². The summed E-state index contributed by atoms with van der Waals surface area (Å²) in [7, 11) is 0. The number of amides is 1. The van der Waals surface area contributed by atoms with Crippen molar-refractivity contribution in [2.45, 2.75) is 45.6 Å². The number of aromatic nitrogens is 2. The molecule has 29 heavy (non-hydrogen) atoms. The Morgan fingerprint density at radius 2 is 2.03 bits per heavy atom. The largest absolute Gasteiger partial charge is 0.422 e. The molecular formula is C22H28N4O3. The lowest BCUT2D eigenvalue weighted by molar-refractivity contribution is -0.121. The first-order valence-corrected chi connectivity index (χ1v) is 10.5. The molecule has 1 amide bonds. The number of rotatable bonds is 7. The molecule has 1 aliphatic carbocycles. The van der Waals surface area contributed by atoms with Gasteiger partial charge in [0.25, 0.3) is 0 Å². The molecule has 0 unspecified atom stereocenters. The average Bonchev–Trinajstić information content (AvgIpc) is 3.14. The molecule has 154 valence electrons. The van der Waals surface area contributed by atoms with Gasteiger partial charge in [0.1, 0.15) is 17.5 Å². The Morgan fingerprint density at radius 3 is 2.86 bits per heavy atom. The monoisotopic (exact) mass is 396 g/mol. The number of carbonyl (C=O) groups excluding carboxylic acids is 1. The van der Waals surface area contributed by atoms with Gasteiger partial charge in [-0.1, -0.05) is 30.9 Å². The van der Waals surface area contributed by atoms with Gasteiger partial charge in [-0.25, -0.2) is 4.79 Å². The molecule has 2 N–H and O–H groups in total. The predicted molar refractivity (Wildman–Crippen MR) is 113 cm³/mol. The van der Waals surface area contributed by atoms with Gasteiger partial charge in [0.2, 0.25) is 5.91 Å². The number of fused-ring (bicyclic) bond motifs is 3. The zero-order chi connectivity index (χ0) is 20.2. The molecule has 1 saturated carbocycles. The van der Waals surface area contributed by atoms with Gasteiger partial charge >= 0.3 is 5.63 Å². The van der Waals surface area contributed by atoms with E-state index < -0.39 is 5.63 Å². The third-order valence-electron chi connectivity index (χ3n) is 5.73. The normalized spacial score (nSPS) is 15.2. The molecule has 4 rings (SSSR count). The van der Waals surface area contributed by atoms with Crippen LogP contribution in [-0.2, 0) is 11.3 Å². The fraction of sp³-hybridized carbons (Fsp3) is 0.500. The Morgan fingerprint density at radius 1 is 1.21 bits per heavy atom. The van der Waals surface area contributed by atoms with Crippen molar-refractivity contribution in [1.82, 2.24) is 20.4 Å². The van der Waals surface area contributed by atoms with Crippen molar-refractivity contribution in [3.8, 4) is 0 Å². The fourth-order valence-corrected chi connectivity index (χ4v) is 4.19. The summed E-state index contributed by atoms with van der Waals surface area (Å²) in [4.78, 5) is 24.6. The van der Waals surface area contributed by atoms with E-state index in [0.717, 1.165) is 30.0 Å². The summed E-state index contributed by atoms with van der Waals surface area (Å²) in [6, 6.07) is 5.62. The van der Waals surface area contributed by atoms with E-state index in [1.165, 1.54) is 38.3 Å². The standard InChI is InChI=1S/C22H28N4O3/c1-15-7-8-19-17(11-15)21-18(22(28)29-19)13-25-26(21)14-20(27)24-10-9-23-12-16-5-3-2-4-6-16/h7-8,11,13,16,23H,2-6,9-10,12,14H2,1H3,(H,24,27). The van der Waals surface area contributed by atoms with Crippen molar-refractivity contribution in [3.63, 3.8) is 0 Å². The first kappa shape index (κ1) is 19.6. The first-order chi connectivity index (χ1) is 14.1. The molecule has 3 aromatic rings. The van der Waals surface area contributed by atoms with E-state index in [-0.39, 0.29) is 12.5 Å². The SMILES string of the molecule is Cc1ccc2oc(=O)c3cnn(CC(=O)NCCNCC4CCCCC4)c3c2c1. The molecule has 1 fully saturated rings. The van der Waals surface area contributed by atoms with E-state index in [1.807, 2.05) is 19.1 Å². The van der Waals surface area contributed by atoms with Crippen LogP contribution in [0.15, 0.2) is 33.6 Å². The maximum atomic E-state index is 12.4. The average molecular weight is 396 g/mol. The Bertz CT molecular complexity index is 1060. The second kappa shape index (κ2) is 8.78. The maximum Gasteiger partial charge on any atom is 0.347 e. The molecule has 2 aromatic heterocycles. The highest BCUT2D eigenvalue weighted by atomic mass is 16.4. The molecule has 1 aromatic carbocycles. The van der Waals surface area contributed by atoms with Crippen molar-refractivity contribution in [2.75, 3.05) is 19.6 Å². The van der Waals surface area contributed by atoms with E-state index in [0.29, 0.717) is 23.0 Å². The molecule has 0 atom stereocenters. The summed E-state index contributed by atoms with van der Waals surface area (Å²) in [5, 5.41) is 11.8. The molecule has 0 aliphatic heterocycles. The molecule has 0 spiro atoms. The maximum absolute atomic E-state index is 12.4. The van der Waals surface area contributed by atoms with Crippen molar-refractivity contribution in [3.05, 3.63) is 40.4 Å². The summed E-state index contributed by atoms with van der Waals surface area (Å²) >= 11 is 0. The number of hydrogen-bond donors (Lipinski definition) is 2. The first-order valence-electron chi connectivity index (χ1n) is 10.5. The fourth-order valence-electron chi connectivity index (χ4n) is 4.19. The van der Waals surface area contributed by atoms with Gasteiger partial charge in [-0.2, -0.15) is 5.10 Å². The van der Waals surface area contributed by atoms with Gasteiger partial charge in [-0.15, -0.1) is 0 Å². The van der Waals surface area contributed by atoms with E-state index in [1.54, 1.807) is 10.7 Å². The van der Waals surface area contributed by atoms with Gasteiger partial charge in [-0.05, 0) is 44.4 Å². The molecule has 2 heterocycles. The third-order valence-corrected chi connectivity index (χ3v) is 5.73. The van der Waals surface area contributed by atoms with Crippen LogP contribution >= 0.6 is 0 Å². The highest BCUT2D eigenvalue weighted by Gasteiger charge is 2.15. The lowest BCUT2D eigenvalue weighted by Gasteiger charge is -2.21. The molecule has 7 nitrogen and oxygen atoms in total. The van der Waals surface area contributed by atoms with Crippen LogP contribution in [0.3, 0.4) is 0 Å². The van der Waals surface area contributed by atoms with E-state index in [2.05, 4.69) is 15.7 Å². The van der Waals surface area contributed by atoms with E-state index in [4.69, 9.17) is 4.42 Å². The van der Waals surface area contributed by atoms with Gasteiger partial charge < -0.3 is 15.1 Å². The van der Waals surface area contributed by atoms with Crippen molar-refractivity contribution in [2.24, 2.45) is 5.92 Å². The number of carbonyl (C=O) groups is 1. The van der Waals surface area contributed by atoms with Crippen LogP contribution in [0.2, 0.25) is 0 Å². The van der Waals surface area contributed by atoms with Crippen LogP contribution in [0.25, 0.3) is 21.9 Å². The molecule has 0 bridgehead atoms. The smallest absolute Gasteiger partial charge is 0.347 e. The van der Waals surface area contributed by atoms with Crippen molar-refractivity contribution >= 4 is 27.8 Å². The van der Waals surface area contributed by atoms with Gasteiger partial charge in [0.15, 0.2) is 0 Å². The van der Waals surface area contributed by atoms with Crippen LogP contribution in [0.1, 0.15) is 37.7 Å². The van der Waals surface area contributed by atoms with Gasteiger partial charge in [0.05, 0.1) is 11.7 Å². The minimum Gasteiger partial charge on any atom is -0.422 e. The Balaban J connectivity index is 1.37. The highest BCUT2D eigenvalue weighted by molar-refractivity contribution is 6.02. The predicted octanol–water partition coefficient (Wildman–Crippen LogP) is 2.74. The Hall–Kier alpha value is -2.67. The van der Waals surface area contributed by atoms with Crippen molar-refractivity contribution in [1.29, 1.82) is 0 Å². The number of benzene rings is 1. The summed E-state index contributed by atoms with van der Waals surface area (Å²) in [5.41, 5.74) is 1.76. The second-order valence-electron chi connectivity index (χ2n) is 8.01. The van der Waals surface area contributed by atoms with Crippen LogP contribution < -0.4 is 16.3 Å². The number of hydrogen-bond acceptors (Lipinski definition) is 5. The van der Waals surface area contributed by atoms with Crippen LogP contribution in [-0.4, -0.2) is 35.3 Å². The summed E-state index contributed by atoms with van der Waals surface area (Å²) < 4.78 is 6.95. The highest BCUT2D eigenvalue weighted by Crippen LogP contribution is 2.24. The van der Waals surface area contributed by atoms with Gasteiger partial charge in [-0.3, -0.25) is 9.48 Å². The molecule has 1 aliphatic rings. The second-order valence-corrected chi connectivity index (χ2v) is 8.01. The van der Waals surface area contributed by atoms with Crippen LogP contribution in [0.4, 0.5) is 0 Å². The molecule has 7 heteroatoms. The van der Waals surface area contributed by atoms with Crippen LogP contribution in [0, 0.1) is 12.8 Å². The summed E-state index contributed by atoms with van der Waals surface area (Å²) in [6.07, 6.45) is 8.15. The number of nitrogens with zero attached hydrogens (tertiary/aromatic N) is 2. The Kier molecular flexibility index (Phi) is 5.94. The minimum absolute atomic E-state index is 0.0681. The van der Waals surface area contributed by atoms with Gasteiger partial charge in [0, 0.05) is 18.5 Å². The zero-order valence-corrected chi connectivity index (χ0v) is 16.9. The van der Waals surface area contributed by atoms with E-state index in [9.17, 15) is 9.59 Å². The minimum atomic E-state index is -0.435. The number of aryl methyl sites for hydroxylation is 1. The topological polar surface area (TPSA) is 89.2 Å². The molecular weight excluding hydrogens is 368 g/mol. The third kappa shape index (κ3) is 4.50. The molecule has 0 saturated heterocycles. The Labute approximate surface area is 169 Å². The lowest BCUT2D eigenvalue weighted by atomic mass is 9.89. The quantitative estimate of drug-likeness (QED) is 0.473. The summed E-state index contributed by atoms with van der Waals surface area (Å²) in [6.45, 7) is 4.41. The van der Waals surface area contributed by atoms with E-state index >= 15 is 0 Å². The molecule has 0 radical (unpaired) electrons. The summed E-state index contributed by atoms with van der Waals surface area (Å²) in [5.74, 6) is 0.654. The van der Waals surface area contributed by atoms with Crippen LogP contribution in [0.5, 0.6) is 0 Å². The zero-order valence-electron chi connectivity index (χ0n) is 16.9. The lowest BCUT2D eigenvalue weighted by Crippen LogP contribution is -2.35. The number of nitrogens with one attached hydrogen (secondary N) is 2.